The van der Waals surface area contributed by atoms with E-state index in [2.05, 4.69) is 20.5 Å². The van der Waals surface area contributed by atoms with Crippen molar-refractivity contribution in [2.45, 2.75) is 19.0 Å². The van der Waals surface area contributed by atoms with Gasteiger partial charge in [0.25, 0.3) is 0 Å². The van der Waals surface area contributed by atoms with Crippen LogP contribution in [-0.2, 0) is 6.54 Å². The van der Waals surface area contributed by atoms with E-state index < -0.39 is 0 Å². The first-order valence-corrected chi connectivity index (χ1v) is 9.70. The lowest BCUT2D eigenvalue weighted by molar-refractivity contribution is 0.394. The van der Waals surface area contributed by atoms with Crippen molar-refractivity contribution < 1.29 is 13.9 Å². The summed E-state index contributed by atoms with van der Waals surface area (Å²) in [6.45, 7) is 1.91. The van der Waals surface area contributed by atoms with Crippen molar-refractivity contribution in [3.05, 3.63) is 53.3 Å². The molecule has 2 aromatic carbocycles. The summed E-state index contributed by atoms with van der Waals surface area (Å²) >= 11 is 0. The SMILES string of the molecule is CN=C(NCc1cc(C#N)ccc1F)NC1CCN(c2cc(OC)cc(OC)c2)C1.I. The van der Waals surface area contributed by atoms with Gasteiger partial charge in [0.05, 0.1) is 25.9 Å². The third-order valence-electron chi connectivity index (χ3n) is 5.08. The molecule has 0 saturated carbocycles. The molecule has 31 heavy (non-hydrogen) atoms. The normalized spacial score (nSPS) is 15.6. The van der Waals surface area contributed by atoms with Gasteiger partial charge >= 0.3 is 0 Å². The van der Waals surface area contributed by atoms with E-state index in [-0.39, 0.29) is 42.4 Å². The van der Waals surface area contributed by atoms with Gasteiger partial charge in [-0.05, 0) is 24.6 Å². The second-order valence-corrected chi connectivity index (χ2v) is 6.99. The van der Waals surface area contributed by atoms with Crippen LogP contribution in [0.2, 0.25) is 0 Å². The Labute approximate surface area is 199 Å². The number of hydrogen-bond acceptors (Lipinski definition) is 5. The summed E-state index contributed by atoms with van der Waals surface area (Å²) in [5.74, 6) is 1.74. The Kier molecular flexibility index (Phi) is 9.18. The third kappa shape index (κ3) is 6.37. The number of benzene rings is 2. The van der Waals surface area contributed by atoms with E-state index in [4.69, 9.17) is 14.7 Å². The number of rotatable bonds is 6. The standard InChI is InChI=1S/C22H26FN5O2.HI/c1-25-22(26-13-16-8-15(12-24)4-5-21(16)23)27-17-6-7-28(14-17)18-9-19(29-2)11-20(10-18)30-3;/h4-5,8-11,17H,6-7,13-14H2,1-3H3,(H2,25,26,27);1H. The quantitative estimate of drug-likeness (QED) is 0.333. The van der Waals surface area contributed by atoms with Gasteiger partial charge in [0, 0.05) is 62.2 Å². The predicted octanol–water partition coefficient (Wildman–Crippen LogP) is 3.28. The van der Waals surface area contributed by atoms with E-state index >= 15 is 0 Å². The van der Waals surface area contributed by atoms with E-state index in [0.29, 0.717) is 17.1 Å². The number of anilines is 1. The first-order chi connectivity index (χ1) is 14.6. The number of nitrogens with one attached hydrogen (secondary N) is 2. The highest BCUT2D eigenvalue weighted by Gasteiger charge is 2.24. The number of aliphatic imine (C=N–C) groups is 1. The molecule has 7 nitrogen and oxygen atoms in total. The van der Waals surface area contributed by atoms with E-state index in [1.807, 2.05) is 24.3 Å². The van der Waals surface area contributed by atoms with Crippen LogP contribution in [0.5, 0.6) is 11.5 Å². The molecule has 0 radical (unpaired) electrons. The highest BCUT2D eigenvalue weighted by atomic mass is 127. The first kappa shape index (κ1) is 24.5. The number of hydrogen-bond donors (Lipinski definition) is 2. The molecule has 1 heterocycles. The van der Waals surface area contributed by atoms with Crippen molar-refractivity contribution in [1.82, 2.24) is 10.6 Å². The van der Waals surface area contributed by atoms with Gasteiger partial charge in [-0.1, -0.05) is 0 Å². The van der Waals surface area contributed by atoms with Gasteiger partial charge in [-0.3, -0.25) is 4.99 Å². The van der Waals surface area contributed by atoms with Gasteiger partial charge < -0.3 is 25.0 Å². The lowest BCUT2D eigenvalue weighted by Gasteiger charge is -2.21. The fraction of sp³-hybridized carbons (Fsp3) is 0.364. The number of nitriles is 1. The molecule has 1 fully saturated rings. The molecule has 2 N–H and O–H groups in total. The first-order valence-electron chi connectivity index (χ1n) is 9.70. The Bertz CT molecular complexity index is 941. The van der Waals surface area contributed by atoms with Gasteiger partial charge in [0.15, 0.2) is 5.96 Å². The van der Waals surface area contributed by atoms with Gasteiger partial charge in [0.1, 0.15) is 17.3 Å². The van der Waals surface area contributed by atoms with Crippen LogP contribution in [0, 0.1) is 17.1 Å². The summed E-state index contributed by atoms with van der Waals surface area (Å²) in [6, 6.07) is 12.4. The maximum atomic E-state index is 14.0. The lowest BCUT2D eigenvalue weighted by atomic mass is 10.1. The van der Waals surface area contributed by atoms with Crippen molar-refractivity contribution in [2.75, 3.05) is 39.3 Å². The summed E-state index contributed by atoms with van der Waals surface area (Å²) in [5.41, 5.74) is 1.89. The molecule has 1 unspecified atom stereocenters. The van der Waals surface area contributed by atoms with Crippen molar-refractivity contribution in [1.29, 1.82) is 5.26 Å². The van der Waals surface area contributed by atoms with Crippen LogP contribution in [0.4, 0.5) is 10.1 Å². The smallest absolute Gasteiger partial charge is 0.191 e. The van der Waals surface area contributed by atoms with Crippen LogP contribution >= 0.6 is 24.0 Å². The highest BCUT2D eigenvalue weighted by Crippen LogP contribution is 2.30. The van der Waals surface area contributed by atoms with Crippen LogP contribution in [0.3, 0.4) is 0 Å². The van der Waals surface area contributed by atoms with Crippen molar-refractivity contribution >= 4 is 35.6 Å². The van der Waals surface area contributed by atoms with E-state index in [1.165, 1.54) is 12.1 Å². The highest BCUT2D eigenvalue weighted by molar-refractivity contribution is 14.0. The Morgan fingerprint density at radius 1 is 1.23 bits per heavy atom. The number of halogens is 2. The third-order valence-corrected chi connectivity index (χ3v) is 5.08. The van der Waals surface area contributed by atoms with E-state index in [0.717, 1.165) is 36.7 Å². The Morgan fingerprint density at radius 3 is 2.55 bits per heavy atom. The average Bonchev–Trinajstić information content (AvgIpc) is 3.25. The molecule has 0 aliphatic carbocycles. The fourth-order valence-corrected chi connectivity index (χ4v) is 3.43. The number of guanidine groups is 1. The zero-order chi connectivity index (χ0) is 21.5. The minimum Gasteiger partial charge on any atom is -0.497 e. The largest absolute Gasteiger partial charge is 0.497 e. The fourth-order valence-electron chi connectivity index (χ4n) is 3.43. The molecule has 2 aromatic rings. The van der Waals surface area contributed by atoms with Gasteiger partial charge in [-0.15, -0.1) is 24.0 Å². The van der Waals surface area contributed by atoms with Gasteiger partial charge in [0.2, 0.25) is 0 Å². The minimum absolute atomic E-state index is 0. The second kappa shape index (κ2) is 11.6. The van der Waals surface area contributed by atoms with Crippen LogP contribution < -0.4 is 25.0 Å². The monoisotopic (exact) mass is 539 g/mol. The molecule has 0 amide bonds. The zero-order valence-electron chi connectivity index (χ0n) is 17.8. The van der Waals surface area contributed by atoms with Crippen LogP contribution in [0.15, 0.2) is 41.4 Å². The molecule has 1 atom stereocenters. The molecule has 0 aromatic heterocycles. The summed E-state index contributed by atoms with van der Waals surface area (Å²) in [5, 5.41) is 15.5. The topological polar surface area (TPSA) is 81.9 Å². The maximum absolute atomic E-state index is 14.0. The minimum atomic E-state index is -0.351. The molecule has 1 aliphatic rings. The number of methoxy groups -OCH3 is 2. The summed E-state index contributed by atoms with van der Waals surface area (Å²) in [4.78, 5) is 6.50. The van der Waals surface area contributed by atoms with Crippen LogP contribution in [0.25, 0.3) is 0 Å². The molecule has 3 rings (SSSR count). The summed E-state index contributed by atoms with van der Waals surface area (Å²) in [7, 11) is 4.95. The molecule has 166 valence electrons. The average molecular weight is 539 g/mol. The second-order valence-electron chi connectivity index (χ2n) is 6.99. The molecule has 0 spiro atoms. The lowest BCUT2D eigenvalue weighted by Crippen LogP contribution is -2.44. The van der Waals surface area contributed by atoms with E-state index in [9.17, 15) is 4.39 Å². The van der Waals surface area contributed by atoms with Gasteiger partial charge in [-0.25, -0.2) is 4.39 Å². The summed E-state index contributed by atoms with van der Waals surface area (Å²) in [6.07, 6.45) is 0.929. The van der Waals surface area contributed by atoms with Crippen molar-refractivity contribution in [2.24, 2.45) is 4.99 Å². The Hall–Kier alpha value is -2.74. The van der Waals surface area contributed by atoms with Crippen molar-refractivity contribution in [3.8, 4) is 17.6 Å². The molecular formula is C22H27FIN5O2. The van der Waals surface area contributed by atoms with Crippen molar-refractivity contribution in [3.63, 3.8) is 0 Å². The molecule has 1 aliphatic heterocycles. The number of ether oxygens (including phenoxy) is 2. The number of nitrogens with zero attached hydrogens (tertiary/aromatic N) is 3. The van der Waals surface area contributed by atoms with Crippen LogP contribution in [-0.4, -0.2) is 46.4 Å². The Morgan fingerprint density at radius 2 is 1.94 bits per heavy atom. The zero-order valence-corrected chi connectivity index (χ0v) is 20.1. The molecule has 9 heteroatoms. The molecular weight excluding hydrogens is 512 g/mol. The van der Waals surface area contributed by atoms with Gasteiger partial charge in [-0.2, -0.15) is 5.26 Å². The summed E-state index contributed by atoms with van der Waals surface area (Å²) < 4.78 is 24.7. The van der Waals surface area contributed by atoms with Crippen LogP contribution in [0.1, 0.15) is 17.5 Å². The molecule has 0 bridgehead atoms. The molecule has 1 saturated heterocycles. The maximum Gasteiger partial charge on any atom is 0.191 e. The Balaban J connectivity index is 0.00000341. The predicted molar refractivity (Wildman–Crippen MR) is 130 cm³/mol. The van der Waals surface area contributed by atoms with E-state index in [1.54, 1.807) is 27.3 Å².